The number of aromatic nitrogens is 2. The largest absolute Gasteiger partial charge is 0.383 e. The number of aryl methyl sites for hydroxylation is 1. The summed E-state index contributed by atoms with van der Waals surface area (Å²) >= 11 is 0. The van der Waals surface area contributed by atoms with Crippen molar-refractivity contribution in [1.29, 1.82) is 0 Å². The van der Waals surface area contributed by atoms with Gasteiger partial charge in [0.25, 0.3) is 0 Å². The second-order valence-electron chi connectivity index (χ2n) is 5.27. The predicted molar refractivity (Wildman–Crippen MR) is 78.5 cm³/mol. The molecule has 4 N–H and O–H groups in total. The molecule has 0 aliphatic carbocycles. The van der Waals surface area contributed by atoms with Gasteiger partial charge in [-0.2, -0.15) is 0 Å². The maximum atomic E-state index is 5.94. The highest BCUT2D eigenvalue weighted by Gasteiger charge is 2.10. The van der Waals surface area contributed by atoms with Gasteiger partial charge in [0.1, 0.15) is 17.5 Å². The molecule has 0 aliphatic rings. The molecule has 19 heavy (non-hydrogen) atoms. The molecule has 108 valence electrons. The SMILES string of the molecule is COCCNc1cc(NCCC(C)(C)N)nc(C)n1. The number of ether oxygens (including phenoxy) is 1. The zero-order chi connectivity index (χ0) is 14.3. The number of hydrogen-bond acceptors (Lipinski definition) is 6. The maximum Gasteiger partial charge on any atom is 0.131 e. The van der Waals surface area contributed by atoms with Crippen LogP contribution in [0, 0.1) is 6.92 Å². The summed E-state index contributed by atoms with van der Waals surface area (Å²) in [4.78, 5) is 8.67. The summed E-state index contributed by atoms with van der Waals surface area (Å²) in [6.45, 7) is 8.06. The Morgan fingerprint density at radius 2 is 1.79 bits per heavy atom. The van der Waals surface area contributed by atoms with E-state index in [0.717, 1.165) is 37.0 Å². The van der Waals surface area contributed by atoms with E-state index in [0.29, 0.717) is 6.61 Å². The topological polar surface area (TPSA) is 85.1 Å². The van der Waals surface area contributed by atoms with Crippen LogP contribution < -0.4 is 16.4 Å². The van der Waals surface area contributed by atoms with Crippen molar-refractivity contribution < 1.29 is 4.74 Å². The summed E-state index contributed by atoms with van der Waals surface area (Å²) in [5, 5.41) is 6.46. The molecular weight excluding hydrogens is 242 g/mol. The minimum Gasteiger partial charge on any atom is -0.383 e. The molecule has 0 amide bonds. The van der Waals surface area contributed by atoms with E-state index in [9.17, 15) is 0 Å². The van der Waals surface area contributed by atoms with Crippen molar-refractivity contribution in [3.63, 3.8) is 0 Å². The first kappa shape index (κ1) is 15.7. The van der Waals surface area contributed by atoms with Gasteiger partial charge in [-0.15, -0.1) is 0 Å². The molecule has 0 bridgehead atoms. The number of nitrogens with one attached hydrogen (secondary N) is 2. The Balaban J connectivity index is 2.53. The van der Waals surface area contributed by atoms with Gasteiger partial charge >= 0.3 is 0 Å². The molecule has 0 aromatic carbocycles. The van der Waals surface area contributed by atoms with Crippen LogP contribution in [0.2, 0.25) is 0 Å². The quantitative estimate of drug-likeness (QED) is 0.617. The molecule has 6 nitrogen and oxygen atoms in total. The molecule has 6 heteroatoms. The van der Waals surface area contributed by atoms with Crippen LogP contribution in [0.5, 0.6) is 0 Å². The smallest absolute Gasteiger partial charge is 0.131 e. The summed E-state index contributed by atoms with van der Waals surface area (Å²) in [7, 11) is 1.68. The number of nitrogens with zero attached hydrogens (tertiary/aromatic N) is 2. The van der Waals surface area contributed by atoms with E-state index in [4.69, 9.17) is 10.5 Å². The van der Waals surface area contributed by atoms with Gasteiger partial charge in [0, 0.05) is 31.8 Å². The Morgan fingerprint density at radius 3 is 2.32 bits per heavy atom. The molecule has 0 atom stereocenters. The second-order valence-corrected chi connectivity index (χ2v) is 5.27. The van der Waals surface area contributed by atoms with Gasteiger partial charge in [-0.05, 0) is 27.2 Å². The highest BCUT2D eigenvalue weighted by molar-refractivity contribution is 5.47. The Morgan fingerprint density at radius 1 is 1.21 bits per heavy atom. The van der Waals surface area contributed by atoms with Gasteiger partial charge in [-0.1, -0.05) is 0 Å². The fraction of sp³-hybridized carbons (Fsp3) is 0.692. The number of nitrogens with two attached hydrogens (primary N) is 1. The van der Waals surface area contributed by atoms with E-state index in [1.165, 1.54) is 0 Å². The van der Waals surface area contributed by atoms with Crippen molar-refractivity contribution >= 4 is 11.6 Å². The lowest BCUT2D eigenvalue weighted by Crippen LogP contribution is -2.34. The molecule has 1 aromatic rings. The monoisotopic (exact) mass is 267 g/mol. The van der Waals surface area contributed by atoms with E-state index < -0.39 is 0 Å². The summed E-state index contributed by atoms with van der Waals surface area (Å²) in [6, 6.07) is 1.90. The number of methoxy groups -OCH3 is 1. The highest BCUT2D eigenvalue weighted by atomic mass is 16.5. The molecule has 0 aliphatic heterocycles. The van der Waals surface area contributed by atoms with Crippen molar-refractivity contribution in [2.24, 2.45) is 5.73 Å². The fourth-order valence-corrected chi connectivity index (χ4v) is 1.54. The third-order valence-electron chi connectivity index (χ3n) is 2.53. The lowest BCUT2D eigenvalue weighted by atomic mass is 10.0. The average molecular weight is 267 g/mol. The average Bonchev–Trinajstić information content (AvgIpc) is 2.27. The minimum absolute atomic E-state index is 0.172. The fourth-order valence-electron chi connectivity index (χ4n) is 1.54. The van der Waals surface area contributed by atoms with Gasteiger partial charge in [0.2, 0.25) is 0 Å². The Hall–Kier alpha value is -1.40. The van der Waals surface area contributed by atoms with Gasteiger partial charge < -0.3 is 21.1 Å². The number of hydrogen-bond donors (Lipinski definition) is 3. The Labute approximate surface area is 115 Å². The zero-order valence-electron chi connectivity index (χ0n) is 12.3. The molecule has 0 fully saturated rings. The van der Waals surface area contributed by atoms with Crippen LogP contribution in [0.1, 0.15) is 26.1 Å². The lowest BCUT2D eigenvalue weighted by molar-refractivity contribution is 0.210. The summed E-state index contributed by atoms with van der Waals surface area (Å²) in [6.07, 6.45) is 0.877. The molecule has 0 unspecified atom stereocenters. The van der Waals surface area contributed by atoms with Gasteiger partial charge in [0.05, 0.1) is 6.61 Å². The van der Waals surface area contributed by atoms with Gasteiger partial charge in [-0.3, -0.25) is 0 Å². The normalized spacial score (nSPS) is 11.4. The standard InChI is InChI=1S/C13H25N5O/c1-10-17-11(15-6-5-13(2,3)14)9-12(18-10)16-7-8-19-4/h9H,5-8,14H2,1-4H3,(H2,15,16,17,18). The van der Waals surface area contributed by atoms with Crippen molar-refractivity contribution in [2.75, 3.05) is 37.4 Å². The Kier molecular flexibility index (Phi) is 5.98. The highest BCUT2D eigenvalue weighted by Crippen LogP contribution is 2.12. The van der Waals surface area contributed by atoms with E-state index >= 15 is 0 Å². The summed E-state index contributed by atoms with van der Waals surface area (Å²) < 4.78 is 4.99. The summed E-state index contributed by atoms with van der Waals surface area (Å²) in [5.41, 5.74) is 5.77. The third-order valence-corrected chi connectivity index (χ3v) is 2.53. The van der Waals surface area contributed by atoms with Crippen molar-refractivity contribution in [1.82, 2.24) is 9.97 Å². The first-order valence-corrected chi connectivity index (χ1v) is 6.52. The van der Waals surface area contributed by atoms with Crippen LogP contribution in [-0.2, 0) is 4.74 Å². The number of anilines is 2. The van der Waals surface area contributed by atoms with E-state index in [-0.39, 0.29) is 5.54 Å². The molecular formula is C13H25N5O. The van der Waals surface area contributed by atoms with Crippen LogP contribution in [0.4, 0.5) is 11.6 Å². The van der Waals surface area contributed by atoms with Crippen LogP contribution in [0.25, 0.3) is 0 Å². The summed E-state index contributed by atoms with van der Waals surface area (Å²) in [5.74, 6) is 2.35. The van der Waals surface area contributed by atoms with E-state index in [1.54, 1.807) is 7.11 Å². The molecule has 0 saturated heterocycles. The maximum absolute atomic E-state index is 5.94. The molecule has 0 saturated carbocycles. The van der Waals surface area contributed by atoms with Crippen molar-refractivity contribution in [3.05, 3.63) is 11.9 Å². The zero-order valence-corrected chi connectivity index (χ0v) is 12.3. The molecule has 0 radical (unpaired) electrons. The molecule has 1 rings (SSSR count). The molecule has 1 aromatic heterocycles. The second kappa shape index (κ2) is 7.25. The van der Waals surface area contributed by atoms with Crippen molar-refractivity contribution in [2.45, 2.75) is 32.7 Å². The van der Waals surface area contributed by atoms with Gasteiger partial charge in [-0.25, -0.2) is 9.97 Å². The Bertz CT molecular complexity index is 389. The molecule has 1 heterocycles. The lowest BCUT2D eigenvalue weighted by Gasteiger charge is -2.18. The van der Waals surface area contributed by atoms with Gasteiger partial charge in [0.15, 0.2) is 0 Å². The first-order chi connectivity index (χ1) is 8.90. The third kappa shape index (κ3) is 6.93. The van der Waals surface area contributed by atoms with Crippen LogP contribution >= 0.6 is 0 Å². The minimum atomic E-state index is -0.172. The van der Waals surface area contributed by atoms with Crippen LogP contribution in [-0.4, -0.2) is 42.3 Å². The van der Waals surface area contributed by atoms with Crippen LogP contribution in [0.3, 0.4) is 0 Å². The van der Waals surface area contributed by atoms with Crippen molar-refractivity contribution in [3.8, 4) is 0 Å². The predicted octanol–water partition coefficient (Wildman–Crippen LogP) is 1.38. The van der Waals surface area contributed by atoms with Crippen LogP contribution in [0.15, 0.2) is 6.07 Å². The number of rotatable bonds is 8. The van der Waals surface area contributed by atoms with E-state index in [1.807, 2.05) is 26.8 Å². The first-order valence-electron chi connectivity index (χ1n) is 6.52. The van der Waals surface area contributed by atoms with E-state index in [2.05, 4.69) is 20.6 Å². The molecule has 0 spiro atoms.